The monoisotopic (exact) mass is 564 g/mol. The lowest BCUT2D eigenvalue weighted by Crippen LogP contribution is -2.67. The molecular weight excluding hydrogens is 534 g/mol. The van der Waals surface area contributed by atoms with Gasteiger partial charge in [-0.25, -0.2) is 18.7 Å². The fourth-order valence-electron chi connectivity index (χ4n) is 6.68. The van der Waals surface area contributed by atoms with E-state index in [-0.39, 0.29) is 11.4 Å². The molecule has 0 aromatic carbocycles. The maximum absolute atomic E-state index is 14.5. The van der Waals surface area contributed by atoms with Crippen LogP contribution in [0.1, 0.15) is 32.1 Å². The third-order valence-electron chi connectivity index (χ3n) is 8.72. The highest BCUT2D eigenvalue weighted by molar-refractivity contribution is 6.19. The number of nitrogens with zero attached hydrogens (tertiary/aromatic N) is 7. The maximum Gasteiger partial charge on any atom is 0.141 e. The number of halogens is 3. The van der Waals surface area contributed by atoms with Crippen molar-refractivity contribution in [1.29, 1.82) is 5.26 Å². The summed E-state index contributed by atoms with van der Waals surface area (Å²) < 4.78 is 29.7. The number of nitrogens with one attached hydrogen (secondary N) is 1. The number of rotatable bonds is 9. The molecular formula is C29H31ClF2N8. The summed E-state index contributed by atoms with van der Waals surface area (Å²) in [6.07, 6.45) is 13.9. The molecule has 3 aromatic rings. The summed E-state index contributed by atoms with van der Waals surface area (Å²) in [5, 5.41) is 15.3. The zero-order valence-electron chi connectivity index (χ0n) is 22.1. The highest BCUT2D eigenvalue weighted by Crippen LogP contribution is 2.43. The van der Waals surface area contributed by atoms with Crippen LogP contribution in [-0.2, 0) is 5.54 Å². The normalized spacial score (nSPS) is 25.2. The van der Waals surface area contributed by atoms with Crippen LogP contribution in [0.25, 0.3) is 22.3 Å². The van der Waals surface area contributed by atoms with Crippen LogP contribution in [0.4, 0.5) is 8.78 Å². The molecule has 0 amide bonds. The lowest BCUT2D eigenvalue weighted by Gasteiger charge is -2.55. The lowest BCUT2D eigenvalue weighted by atomic mass is 9.82. The first-order valence-electron chi connectivity index (χ1n) is 13.6. The Balaban J connectivity index is 1.11. The molecule has 3 fully saturated rings. The fourth-order valence-corrected chi connectivity index (χ4v) is 6.77. The van der Waals surface area contributed by atoms with Gasteiger partial charge in [-0.3, -0.25) is 14.5 Å². The van der Waals surface area contributed by atoms with Gasteiger partial charge < -0.3 is 4.98 Å². The first-order chi connectivity index (χ1) is 19.4. The number of piperidine rings is 1. The molecule has 3 saturated heterocycles. The van der Waals surface area contributed by atoms with Gasteiger partial charge in [0.25, 0.3) is 0 Å². The zero-order valence-corrected chi connectivity index (χ0v) is 22.9. The van der Waals surface area contributed by atoms with E-state index in [9.17, 15) is 14.0 Å². The minimum atomic E-state index is -0.578. The number of aromatic amines is 1. The second kappa shape index (κ2) is 10.9. The molecule has 1 N–H and O–H groups in total. The number of fused-ring (bicyclic) bond motifs is 3. The molecule has 3 aromatic heterocycles. The van der Waals surface area contributed by atoms with Gasteiger partial charge in [0.1, 0.15) is 29.2 Å². The van der Waals surface area contributed by atoms with E-state index >= 15 is 0 Å². The average Bonchev–Trinajstić information content (AvgIpc) is 3.67. The van der Waals surface area contributed by atoms with Gasteiger partial charge in [0.2, 0.25) is 0 Å². The molecule has 11 heteroatoms. The Morgan fingerprint density at radius 3 is 2.70 bits per heavy atom. The van der Waals surface area contributed by atoms with Crippen LogP contribution in [0.15, 0.2) is 66.9 Å². The van der Waals surface area contributed by atoms with E-state index in [1.165, 1.54) is 0 Å². The number of aromatic nitrogens is 5. The molecule has 40 heavy (non-hydrogen) atoms. The lowest BCUT2D eigenvalue weighted by molar-refractivity contribution is -0.0536. The fraction of sp³-hybridized carbons (Fsp3) is 0.448. The summed E-state index contributed by atoms with van der Waals surface area (Å²) >= 11 is 5.43. The predicted molar refractivity (Wildman–Crippen MR) is 150 cm³/mol. The largest absolute Gasteiger partial charge is 0.346 e. The Kier molecular flexibility index (Phi) is 7.29. The van der Waals surface area contributed by atoms with Crippen LogP contribution in [0.3, 0.4) is 0 Å². The summed E-state index contributed by atoms with van der Waals surface area (Å²) in [5.41, 5.74) is 2.48. The molecule has 6 rings (SSSR count). The Labute approximate surface area is 236 Å². The van der Waals surface area contributed by atoms with Crippen LogP contribution in [0, 0.1) is 11.3 Å². The van der Waals surface area contributed by atoms with Gasteiger partial charge in [-0.2, -0.15) is 10.4 Å². The van der Waals surface area contributed by atoms with Gasteiger partial charge >= 0.3 is 0 Å². The van der Waals surface area contributed by atoms with E-state index in [2.05, 4.69) is 42.5 Å². The minimum Gasteiger partial charge on any atom is -0.346 e. The quantitative estimate of drug-likeness (QED) is 0.282. The summed E-state index contributed by atoms with van der Waals surface area (Å²) in [7, 11) is 0. The number of allylic oxidation sites excluding steroid dienone is 3. The molecule has 0 radical (unpaired) electrons. The van der Waals surface area contributed by atoms with E-state index in [0.29, 0.717) is 36.7 Å². The second-order valence-electron chi connectivity index (χ2n) is 11.1. The third-order valence-corrected chi connectivity index (χ3v) is 8.98. The first-order valence-corrected chi connectivity index (χ1v) is 14.1. The number of alkyl halides is 1. The van der Waals surface area contributed by atoms with Crippen molar-refractivity contribution < 1.29 is 8.78 Å². The number of hydrogen-bond acceptors (Lipinski definition) is 6. The Hall–Kier alpha value is -3.39. The van der Waals surface area contributed by atoms with Gasteiger partial charge in [-0.05, 0) is 49.5 Å². The summed E-state index contributed by atoms with van der Waals surface area (Å²) in [6.45, 7) is 5.87. The molecule has 2 atom stereocenters. The topological polar surface area (TPSA) is 89.7 Å². The number of H-pyrrole nitrogens is 1. The van der Waals surface area contributed by atoms with Gasteiger partial charge in [0.15, 0.2) is 0 Å². The first kappa shape index (κ1) is 26.8. The van der Waals surface area contributed by atoms with Crippen LogP contribution in [0.5, 0.6) is 0 Å². The third kappa shape index (κ3) is 4.87. The number of likely N-dealkylation sites (tertiary alicyclic amines) is 1. The standard InChI is InChI=1S/C29H31ClF2N8/c1-19(26(32)5-2-21(31)12-30)14-39-22-3-4-23(39)11-24(10-22)38-16-29(17-38,7-8-33)40-15-20(13-37-40)27-25-6-9-34-28(25)36-18-35-27/h2,5-6,9,13,15,18,22-24H,1,3-4,7,10-12,14,16-17H2,(H,34,35,36)/b21-2+,26-5+. The van der Waals surface area contributed by atoms with Crippen molar-refractivity contribution in [2.75, 3.05) is 25.5 Å². The van der Waals surface area contributed by atoms with Crippen LogP contribution >= 0.6 is 11.6 Å². The predicted octanol–water partition coefficient (Wildman–Crippen LogP) is 5.24. The molecule has 3 aliphatic heterocycles. The highest BCUT2D eigenvalue weighted by Gasteiger charge is 2.51. The van der Waals surface area contributed by atoms with Crippen molar-refractivity contribution in [3.05, 3.63) is 66.9 Å². The molecule has 208 valence electrons. The number of hydrogen-bond donors (Lipinski definition) is 1. The molecule has 3 aliphatic rings. The van der Waals surface area contributed by atoms with E-state index in [1.807, 2.05) is 29.3 Å². The molecule has 0 saturated carbocycles. The van der Waals surface area contributed by atoms with Gasteiger partial charge in [0, 0.05) is 61.1 Å². The highest BCUT2D eigenvalue weighted by atomic mass is 35.5. The maximum atomic E-state index is 14.5. The van der Waals surface area contributed by atoms with Crippen molar-refractivity contribution in [3.63, 3.8) is 0 Å². The van der Waals surface area contributed by atoms with Crippen molar-refractivity contribution in [3.8, 4) is 17.3 Å². The van der Waals surface area contributed by atoms with Crippen LogP contribution < -0.4 is 0 Å². The molecule has 2 bridgehead atoms. The van der Waals surface area contributed by atoms with Gasteiger partial charge in [-0.1, -0.05) is 6.58 Å². The van der Waals surface area contributed by atoms with E-state index < -0.39 is 11.7 Å². The second-order valence-corrected chi connectivity index (χ2v) is 11.4. The van der Waals surface area contributed by atoms with Gasteiger partial charge in [0.05, 0.1) is 30.3 Å². The SMILES string of the molecule is C=C(CN1C2CCC1CC(N1CC(CC#N)(n3cc(-c4ncnc5[nH]ccc45)cn3)C1)C2)/C(F)=C\C=C(\F)CCl. The van der Waals surface area contributed by atoms with Crippen molar-refractivity contribution >= 4 is 22.6 Å². The van der Waals surface area contributed by atoms with Crippen LogP contribution in [-0.4, -0.2) is 78.2 Å². The summed E-state index contributed by atoms with van der Waals surface area (Å²) in [4.78, 5) is 16.7. The van der Waals surface area contributed by atoms with Crippen molar-refractivity contribution in [2.45, 2.75) is 55.8 Å². The molecule has 0 aliphatic carbocycles. The minimum absolute atomic E-state index is 0.277. The van der Waals surface area contributed by atoms with E-state index in [0.717, 1.165) is 73.2 Å². The molecule has 0 spiro atoms. The average molecular weight is 565 g/mol. The summed E-state index contributed by atoms with van der Waals surface area (Å²) in [5.74, 6) is -1.37. The zero-order chi connectivity index (χ0) is 27.9. The molecule has 6 heterocycles. The number of nitriles is 1. The Bertz CT molecular complexity index is 1500. The van der Waals surface area contributed by atoms with Crippen molar-refractivity contribution in [1.82, 2.24) is 34.5 Å². The molecule has 8 nitrogen and oxygen atoms in total. The van der Waals surface area contributed by atoms with Gasteiger partial charge in [-0.15, -0.1) is 11.6 Å². The Morgan fingerprint density at radius 2 is 1.98 bits per heavy atom. The molecule has 2 unspecified atom stereocenters. The van der Waals surface area contributed by atoms with Crippen molar-refractivity contribution in [2.24, 2.45) is 0 Å². The van der Waals surface area contributed by atoms with Crippen LogP contribution in [0.2, 0.25) is 0 Å². The Morgan fingerprint density at radius 1 is 1.20 bits per heavy atom. The van der Waals surface area contributed by atoms with E-state index in [4.69, 9.17) is 11.6 Å². The summed E-state index contributed by atoms with van der Waals surface area (Å²) in [6, 6.07) is 5.46. The smallest absolute Gasteiger partial charge is 0.141 e. The van der Waals surface area contributed by atoms with E-state index in [1.54, 1.807) is 6.33 Å².